The summed E-state index contributed by atoms with van der Waals surface area (Å²) in [6, 6.07) is 0. The molecule has 14 heavy (non-hydrogen) atoms. The molecular formula is C10H23NO3. The van der Waals surface area contributed by atoms with Gasteiger partial charge in [-0.2, -0.15) is 0 Å². The van der Waals surface area contributed by atoms with Crippen molar-refractivity contribution in [1.29, 1.82) is 0 Å². The molecule has 0 spiro atoms. The largest absolute Gasteiger partial charge is 0.481 e. The smallest absolute Gasteiger partial charge is 0.303 e. The molecule has 0 saturated heterocycles. The van der Waals surface area contributed by atoms with Crippen molar-refractivity contribution in [3.63, 3.8) is 0 Å². The highest BCUT2D eigenvalue weighted by Gasteiger charge is 1.93. The van der Waals surface area contributed by atoms with Crippen LogP contribution in [0.2, 0.25) is 0 Å². The maximum atomic E-state index is 9.87. The summed E-state index contributed by atoms with van der Waals surface area (Å²) in [5.41, 5.74) is 0. The molecule has 1 atom stereocenters. The Labute approximate surface area is 86.5 Å². The zero-order valence-corrected chi connectivity index (χ0v) is 9.66. The van der Waals surface area contributed by atoms with Gasteiger partial charge in [-0.25, -0.2) is 0 Å². The Morgan fingerprint density at radius 1 is 1.36 bits per heavy atom. The van der Waals surface area contributed by atoms with Crippen molar-refractivity contribution in [2.75, 3.05) is 14.1 Å². The van der Waals surface area contributed by atoms with E-state index in [9.17, 15) is 4.79 Å². The van der Waals surface area contributed by atoms with Gasteiger partial charge in [-0.15, -0.1) is 0 Å². The lowest BCUT2D eigenvalue weighted by Crippen LogP contribution is -2.23. The fraction of sp³-hybridized carbons (Fsp3) is 0.900. The molecule has 2 N–H and O–H groups in total. The predicted octanol–water partition coefficient (Wildman–Crippen LogP) is 1.54. The third-order valence-corrected chi connectivity index (χ3v) is 1.74. The van der Waals surface area contributed by atoms with Crippen LogP contribution in [0.5, 0.6) is 0 Å². The number of nitrogens with zero attached hydrogens (tertiary/aromatic N) is 1. The Hall–Kier alpha value is -0.610. The number of carbonyl (C=O) groups is 1. The lowest BCUT2D eigenvalue weighted by molar-refractivity contribution is -0.137. The van der Waals surface area contributed by atoms with Crippen LogP contribution in [0.25, 0.3) is 0 Å². The van der Waals surface area contributed by atoms with E-state index < -0.39 is 5.97 Å². The van der Waals surface area contributed by atoms with Gasteiger partial charge in [0.2, 0.25) is 0 Å². The molecule has 0 aliphatic carbocycles. The second kappa shape index (κ2) is 10.5. The maximum absolute atomic E-state index is 9.87. The highest BCUT2D eigenvalue weighted by molar-refractivity contribution is 5.66. The average molecular weight is 205 g/mol. The Balaban J connectivity index is 0. The summed E-state index contributed by atoms with van der Waals surface area (Å²) in [5.74, 6) is -0.682. The molecule has 0 bridgehead atoms. The van der Waals surface area contributed by atoms with Crippen LogP contribution in [0.3, 0.4) is 0 Å². The van der Waals surface area contributed by atoms with Crippen molar-refractivity contribution in [3.8, 4) is 0 Å². The van der Waals surface area contributed by atoms with E-state index in [4.69, 9.17) is 10.2 Å². The second-order valence-corrected chi connectivity index (χ2v) is 3.45. The molecule has 0 radical (unpaired) electrons. The summed E-state index contributed by atoms with van der Waals surface area (Å²) >= 11 is 0. The van der Waals surface area contributed by atoms with Crippen molar-refractivity contribution in [3.05, 3.63) is 0 Å². The Morgan fingerprint density at radius 3 is 2.00 bits per heavy atom. The molecule has 0 aromatic heterocycles. The van der Waals surface area contributed by atoms with Crippen LogP contribution in [-0.2, 0) is 4.79 Å². The van der Waals surface area contributed by atoms with E-state index in [0.717, 1.165) is 19.3 Å². The van der Waals surface area contributed by atoms with Gasteiger partial charge >= 0.3 is 5.97 Å². The van der Waals surface area contributed by atoms with E-state index in [1.165, 1.54) is 0 Å². The quantitative estimate of drug-likeness (QED) is 0.528. The zero-order valence-electron chi connectivity index (χ0n) is 9.66. The summed E-state index contributed by atoms with van der Waals surface area (Å²) in [5, 5.41) is 16.7. The normalized spacial score (nSPS) is 11.9. The number of hydrogen-bond donors (Lipinski definition) is 2. The standard InChI is InChI=1S/C6H12O2.C4H11NO/c1-2-3-4-5-6(7)8;1-4(6)5(2)3/h2-5H2,1H3,(H,7,8);4,6H,1-3H3. The number of carboxylic acid groups (broad SMARTS) is 1. The summed E-state index contributed by atoms with van der Waals surface area (Å²) in [6.07, 6.45) is 2.96. The zero-order chi connectivity index (χ0) is 11.6. The molecule has 0 amide bonds. The van der Waals surface area contributed by atoms with Crippen molar-refractivity contribution in [2.24, 2.45) is 0 Å². The van der Waals surface area contributed by atoms with Crippen LogP contribution in [0.15, 0.2) is 0 Å². The minimum Gasteiger partial charge on any atom is -0.481 e. The average Bonchev–Trinajstić information content (AvgIpc) is 2.05. The second-order valence-electron chi connectivity index (χ2n) is 3.45. The summed E-state index contributed by atoms with van der Waals surface area (Å²) in [4.78, 5) is 11.6. The topological polar surface area (TPSA) is 60.8 Å². The number of aliphatic hydroxyl groups excluding tert-OH is 1. The van der Waals surface area contributed by atoms with Crippen molar-refractivity contribution in [2.45, 2.75) is 45.8 Å². The molecule has 0 aliphatic rings. The van der Waals surface area contributed by atoms with Gasteiger partial charge in [0.05, 0.1) is 0 Å². The van der Waals surface area contributed by atoms with Gasteiger partial charge < -0.3 is 10.2 Å². The molecule has 0 rings (SSSR count). The number of hydrogen-bond acceptors (Lipinski definition) is 3. The first-order valence-corrected chi connectivity index (χ1v) is 4.98. The first kappa shape index (κ1) is 15.8. The maximum Gasteiger partial charge on any atom is 0.303 e. The number of aliphatic carboxylic acids is 1. The number of aliphatic hydroxyl groups is 1. The van der Waals surface area contributed by atoms with Crippen LogP contribution in [0.1, 0.15) is 39.5 Å². The molecule has 0 aliphatic heterocycles. The number of rotatable bonds is 5. The van der Waals surface area contributed by atoms with Crippen molar-refractivity contribution < 1.29 is 15.0 Å². The summed E-state index contributed by atoms with van der Waals surface area (Å²) in [7, 11) is 3.65. The van der Waals surface area contributed by atoms with E-state index in [0.29, 0.717) is 6.42 Å². The molecule has 0 saturated carbocycles. The molecular weight excluding hydrogens is 182 g/mol. The van der Waals surface area contributed by atoms with E-state index in [-0.39, 0.29) is 6.23 Å². The van der Waals surface area contributed by atoms with Gasteiger partial charge in [-0.3, -0.25) is 9.69 Å². The van der Waals surface area contributed by atoms with Gasteiger partial charge in [-0.1, -0.05) is 19.8 Å². The fourth-order valence-electron chi connectivity index (χ4n) is 0.526. The predicted molar refractivity (Wildman–Crippen MR) is 57.1 cm³/mol. The molecule has 4 nitrogen and oxygen atoms in total. The van der Waals surface area contributed by atoms with Crippen LogP contribution in [0, 0.1) is 0 Å². The van der Waals surface area contributed by atoms with Crippen molar-refractivity contribution >= 4 is 5.97 Å². The van der Waals surface area contributed by atoms with Crippen molar-refractivity contribution in [1.82, 2.24) is 4.90 Å². The lowest BCUT2D eigenvalue weighted by atomic mass is 10.2. The third-order valence-electron chi connectivity index (χ3n) is 1.74. The highest BCUT2D eigenvalue weighted by Crippen LogP contribution is 1.97. The van der Waals surface area contributed by atoms with Gasteiger partial charge in [0.25, 0.3) is 0 Å². The van der Waals surface area contributed by atoms with E-state index in [1.807, 2.05) is 14.1 Å². The SMILES string of the molecule is CC(O)N(C)C.CCCCCC(=O)O. The summed E-state index contributed by atoms with van der Waals surface area (Å²) in [6.45, 7) is 3.78. The van der Waals surface area contributed by atoms with Crippen LogP contribution >= 0.6 is 0 Å². The highest BCUT2D eigenvalue weighted by atomic mass is 16.4. The Bertz CT molecular complexity index is 129. The molecule has 0 aromatic rings. The van der Waals surface area contributed by atoms with E-state index in [1.54, 1.807) is 11.8 Å². The monoisotopic (exact) mass is 205 g/mol. The van der Waals surface area contributed by atoms with Gasteiger partial charge in [0, 0.05) is 6.42 Å². The molecule has 0 aromatic carbocycles. The molecule has 0 heterocycles. The minimum atomic E-state index is -0.682. The molecule has 4 heteroatoms. The van der Waals surface area contributed by atoms with Crippen LogP contribution in [-0.4, -0.2) is 41.4 Å². The lowest BCUT2D eigenvalue weighted by Gasteiger charge is -2.11. The molecule has 0 fully saturated rings. The third kappa shape index (κ3) is 17.5. The van der Waals surface area contributed by atoms with Crippen LogP contribution < -0.4 is 0 Å². The molecule has 1 unspecified atom stereocenters. The first-order valence-electron chi connectivity index (χ1n) is 4.98. The van der Waals surface area contributed by atoms with E-state index in [2.05, 4.69) is 6.92 Å². The van der Waals surface area contributed by atoms with Crippen LogP contribution in [0.4, 0.5) is 0 Å². The Morgan fingerprint density at radius 2 is 1.79 bits per heavy atom. The van der Waals surface area contributed by atoms with Gasteiger partial charge in [-0.05, 0) is 27.4 Å². The number of carboxylic acids is 1. The van der Waals surface area contributed by atoms with E-state index >= 15 is 0 Å². The first-order chi connectivity index (χ1) is 6.41. The molecule has 86 valence electrons. The van der Waals surface area contributed by atoms with Gasteiger partial charge in [0.15, 0.2) is 0 Å². The number of unbranched alkanes of at least 4 members (excludes halogenated alkanes) is 2. The minimum absolute atomic E-state index is 0.315. The summed E-state index contributed by atoms with van der Waals surface area (Å²) < 4.78 is 0. The fourth-order valence-corrected chi connectivity index (χ4v) is 0.526. The van der Waals surface area contributed by atoms with Gasteiger partial charge in [0.1, 0.15) is 6.23 Å². The Kier molecular flexibility index (Phi) is 11.9.